The second-order valence-corrected chi connectivity index (χ2v) is 7.66. The summed E-state index contributed by atoms with van der Waals surface area (Å²) in [6.45, 7) is 2.51. The van der Waals surface area contributed by atoms with E-state index in [0.29, 0.717) is 12.4 Å². The standard InChI is InChI=1S/C24H23N5O/c1-16-13-23(20-9-5-6-10-22(20)25-16)30-15-17-11-12-19(18-7-3-2-4-8-18)21(14-17)24-26-28-29-27-24/h2-4,7-8,11-14H,5-6,9-10,15H2,1H3,(H,26,27,28,29). The Morgan fingerprint density at radius 1 is 0.967 bits per heavy atom. The predicted molar refractivity (Wildman–Crippen MR) is 115 cm³/mol. The molecule has 1 aliphatic carbocycles. The van der Waals surface area contributed by atoms with E-state index in [4.69, 9.17) is 9.72 Å². The highest BCUT2D eigenvalue weighted by Crippen LogP contribution is 2.32. The molecule has 30 heavy (non-hydrogen) atoms. The molecule has 2 aromatic carbocycles. The van der Waals surface area contributed by atoms with Crippen LogP contribution in [0.2, 0.25) is 0 Å². The molecule has 2 aromatic heterocycles. The van der Waals surface area contributed by atoms with Gasteiger partial charge >= 0.3 is 0 Å². The van der Waals surface area contributed by atoms with Gasteiger partial charge in [0.05, 0.1) is 0 Å². The van der Waals surface area contributed by atoms with Gasteiger partial charge in [-0.15, -0.1) is 10.2 Å². The van der Waals surface area contributed by atoms with E-state index in [0.717, 1.165) is 46.5 Å². The molecule has 0 spiro atoms. The van der Waals surface area contributed by atoms with Crippen molar-refractivity contribution in [1.29, 1.82) is 0 Å². The van der Waals surface area contributed by atoms with Crippen molar-refractivity contribution >= 4 is 0 Å². The van der Waals surface area contributed by atoms with E-state index in [1.807, 2.05) is 25.1 Å². The first-order valence-electron chi connectivity index (χ1n) is 10.3. The molecule has 4 aromatic rings. The van der Waals surface area contributed by atoms with E-state index in [1.54, 1.807) is 0 Å². The fourth-order valence-electron chi connectivity index (χ4n) is 4.10. The van der Waals surface area contributed by atoms with Crippen molar-refractivity contribution in [3.05, 3.63) is 77.1 Å². The SMILES string of the molecule is Cc1cc(OCc2ccc(-c3ccccc3)c(-c3nn[nH]n3)c2)c2c(n1)CCCC2. The van der Waals surface area contributed by atoms with Gasteiger partial charge in [0.2, 0.25) is 5.82 Å². The number of nitrogens with one attached hydrogen (secondary N) is 1. The minimum atomic E-state index is 0.482. The molecule has 0 fully saturated rings. The number of nitrogens with zero attached hydrogens (tertiary/aromatic N) is 4. The van der Waals surface area contributed by atoms with Gasteiger partial charge in [0.1, 0.15) is 12.4 Å². The number of fused-ring (bicyclic) bond motifs is 1. The van der Waals surface area contributed by atoms with Gasteiger partial charge in [-0.3, -0.25) is 4.98 Å². The molecular weight excluding hydrogens is 374 g/mol. The largest absolute Gasteiger partial charge is 0.488 e. The summed E-state index contributed by atoms with van der Waals surface area (Å²) in [6.07, 6.45) is 4.49. The number of ether oxygens (including phenoxy) is 1. The fraction of sp³-hybridized carbons (Fsp3) is 0.250. The number of hydrogen-bond donors (Lipinski definition) is 1. The summed E-state index contributed by atoms with van der Waals surface area (Å²) in [5.74, 6) is 1.54. The first-order valence-corrected chi connectivity index (χ1v) is 10.3. The average molecular weight is 397 g/mol. The van der Waals surface area contributed by atoms with Gasteiger partial charge in [0.15, 0.2) is 0 Å². The minimum Gasteiger partial charge on any atom is -0.488 e. The molecule has 6 heteroatoms. The Bertz CT molecular complexity index is 1160. The molecule has 1 aliphatic rings. The van der Waals surface area contributed by atoms with Gasteiger partial charge in [-0.05, 0) is 60.6 Å². The van der Waals surface area contributed by atoms with Crippen molar-refractivity contribution in [2.24, 2.45) is 0 Å². The monoisotopic (exact) mass is 397 g/mol. The van der Waals surface area contributed by atoms with E-state index in [-0.39, 0.29) is 0 Å². The van der Waals surface area contributed by atoms with Crippen LogP contribution >= 0.6 is 0 Å². The molecule has 0 unspecified atom stereocenters. The zero-order chi connectivity index (χ0) is 20.3. The molecule has 0 bridgehead atoms. The van der Waals surface area contributed by atoms with Crippen molar-refractivity contribution in [2.75, 3.05) is 0 Å². The van der Waals surface area contributed by atoms with Gasteiger partial charge in [-0.2, -0.15) is 5.21 Å². The summed E-state index contributed by atoms with van der Waals surface area (Å²) in [7, 11) is 0. The number of pyridine rings is 1. The zero-order valence-electron chi connectivity index (χ0n) is 16.9. The van der Waals surface area contributed by atoms with E-state index < -0.39 is 0 Å². The Balaban J connectivity index is 1.47. The van der Waals surface area contributed by atoms with E-state index in [1.165, 1.54) is 24.1 Å². The third kappa shape index (κ3) is 3.68. The van der Waals surface area contributed by atoms with Crippen LogP contribution in [0.5, 0.6) is 5.75 Å². The molecule has 0 saturated carbocycles. The fourth-order valence-corrected chi connectivity index (χ4v) is 4.10. The topological polar surface area (TPSA) is 76.6 Å². The van der Waals surface area contributed by atoms with Crippen LogP contribution in [0.4, 0.5) is 0 Å². The first kappa shape index (κ1) is 18.5. The van der Waals surface area contributed by atoms with E-state index >= 15 is 0 Å². The van der Waals surface area contributed by atoms with E-state index in [2.05, 4.69) is 57.0 Å². The summed E-state index contributed by atoms with van der Waals surface area (Å²) >= 11 is 0. The maximum atomic E-state index is 6.28. The maximum absolute atomic E-state index is 6.28. The normalized spacial score (nSPS) is 13.1. The van der Waals surface area contributed by atoms with Crippen LogP contribution in [0.15, 0.2) is 54.6 Å². The maximum Gasteiger partial charge on any atom is 0.205 e. The van der Waals surface area contributed by atoms with Crippen molar-refractivity contribution in [2.45, 2.75) is 39.2 Å². The van der Waals surface area contributed by atoms with Gasteiger partial charge in [-0.25, -0.2) is 0 Å². The lowest BCUT2D eigenvalue weighted by Gasteiger charge is -2.20. The summed E-state index contributed by atoms with van der Waals surface area (Å²) in [5, 5.41) is 14.7. The quantitative estimate of drug-likeness (QED) is 0.528. The lowest BCUT2D eigenvalue weighted by Crippen LogP contribution is -2.09. The van der Waals surface area contributed by atoms with Crippen LogP contribution in [-0.2, 0) is 19.4 Å². The van der Waals surface area contributed by atoms with Crippen LogP contribution in [0.1, 0.15) is 35.4 Å². The second-order valence-electron chi connectivity index (χ2n) is 7.66. The molecule has 2 heterocycles. The van der Waals surface area contributed by atoms with Crippen molar-refractivity contribution in [3.8, 4) is 28.3 Å². The molecule has 0 atom stereocenters. The summed E-state index contributed by atoms with van der Waals surface area (Å²) in [6, 6.07) is 18.6. The third-order valence-electron chi connectivity index (χ3n) is 5.54. The molecule has 0 aliphatic heterocycles. The number of rotatable bonds is 5. The van der Waals surface area contributed by atoms with Gasteiger partial charge in [0.25, 0.3) is 0 Å². The zero-order valence-corrected chi connectivity index (χ0v) is 16.9. The molecule has 0 amide bonds. The lowest BCUT2D eigenvalue weighted by molar-refractivity contribution is 0.300. The number of tetrazole rings is 1. The van der Waals surface area contributed by atoms with Crippen LogP contribution in [-0.4, -0.2) is 25.6 Å². The van der Waals surface area contributed by atoms with Crippen LogP contribution in [0.25, 0.3) is 22.5 Å². The molecular formula is C24H23N5O. The Morgan fingerprint density at radius 3 is 2.67 bits per heavy atom. The van der Waals surface area contributed by atoms with Gasteiger partial charge in [-0.1, -0.05) is 42.5 Å². The number of aromatic nitrogens is 5. The Labute approximate surface area is 175 Å². The number of H-pyrrole nitrogens is 1. The number of benzene rings is 2. The highest BCUT2D eigenvalue weighted by molar-refractivity contribution is 5.80. The summed E-state index contributed by atoms with van der Waals surface area (Å²) in [5.41, 5.74) is 7.66. The summed E-state index contributed by atoms with van der Waals surface area (Å²) < 4.78 is 6.28. The van der Waals surface area contributed by atoms with Crippen LogP contribution in [0.3, 0.4) is 0 Å². The minimum absolute atomic E-state index is 0.482. The Kier molecular flexibility index (Phi) is 4.97. The highest BCUT2D eigenvalue weighted by atomic mass is 16.5. The smallest absolute Gasteiger partial charge is 0.205 e. The van der Waals surface area contributed by atoms with Gasteiger partial charge in [0, 0.05) is 28.6 Å². The molecule has 5 rings (SSSR count). The van der Waals surface area contributed by atoms with Crippen molar-refractivity contribution in [3.63, 3.8) is 0 Å². The van der Waals surface area contributed by atoms with Gasteiger partial charge < -0.3 is 4.74 Å². The molecule has 1 N–H and O–H groups in total. The van der Waals surface area contributed by atoms with Crippen LogP contribution < -0.4 is 4.74 Å². The second kappa shape index (κ2) is 8.06. The molecule has 6 nitrogen and oxygen atoms in total. The Hall–Kier alpha value is -3.54. The number of aromatic amines is 1. The highest BCUT2D eigenvalue weighted by Gasteiger charge is 2.17. The lowest BCUT2D eigenvalue weighted by atomic mass is 9.95. The predicted octanol–water partition coefficient (Wildman–Crippen LogP) is 4.69. The van der Waals surface area contributed by atoms with Crippen LogP contribution in [0, 0.1) is 6.92 Å². The third-order valence-corrected chi connectivity index (χ3v) is 5.54. The number of hydrogen-bond acceptors (Lipinski definition) is 5. The number of aryl methyl sites for hydroxylation is 2. The summed E-state index contributed by atoms with van der Waals surface area (Å²) in [4.78, 5) is 4.72. The van der Waals surface area contributed by atoms with Crippen molar-refractivity contribution in [1.82, 2.24) is 25.6 Å². The Morgan fingerprint density at radius 2 is 1.83 bits per heavy atom. The molecule has 150 valence electrons. The van der Waals surface area contributed by atoms with Crippen molar-refractivity contribution < 1.29 is 4.74 Å². The first-order chi connectivity index (χ1) is 14.8. The average Bonchev–Trinajstić information content (AvgIpc) is 3.33. The van der Waals surface area contributed by atoms with E-state index in [9.17, 15) is 0 Å². The molecule has 0 saturated heterocycles. The molecule has 0 radical (unpaired) electrons.